The number of rotatable bonds is 61. The molecule has 0 aromatic heterocycles. The third-order valence-electron chi connectivity index (χ3n) is 15.1. The third-order valence-corrected chi connectivity index (χ3v) is 15.1. The van der Waals surface area contributed by atoms with Crippen molar-refractivity contribution in [2.75, 3.05) is 13.2 Å². The largest absolute Gasteiger partial charge is 0.466 e. The summed E-state index contributed by atoms with van der Waals surface area (Å²) in [6, 6.07) is -0.626. The maximum Gasteiger partial charge on any atom is 0.305 e. The zero-order valence-corrected chi connectivity index (χ0v) is 49.6. The third kappa shape index (κ3) is 59.1. The van der Waals surface area contributed by atoms with Gasteiger partial charge in [0.05, 0.1) is 25.4 Å². The number of allylic oxidation sites excluding steroid dienone is 7. The average molecular weight is 1040 g/mol. The minimum Gasteiger partial charge on any atom is -0.466 e. The molecule has 2 unspecified atom stereocenters. The van der Waals surface area contributed by atoms with Crippen molar-refractivity contribution < 1.29 is 24.5 Å². The zero-order valence-electron chi connectivity index (χ0n) is 49.6. The van der Waals surface area contributed by atoms with Gasteiger partial charge in [0.2, 0.25) is 5.91 Å². The van der Waals surface area contributed by atoms with Crippen molar-refractivity contribution >= 4 is 11.9 Å². The number of amides is 1. The Hall–Kier alpha value is -2.18. The SMILES string of the molecule is CCCCCCCC/C=C\CCCCCCCC(=O)OCCCCCCCCCCC/C=C\C/C=C\CCCCCCCCCCCCCCCCCC(=O)NC(CO)C(O)/C=C/CCCCCCCCCCC. The lowest BCUT2D eigenvalue weighted by atomic mass is 10.0. The molecule has 0 bridgehead atoms. The van der Waals surface area contributed by atoms with Crippen LogP contribution < -0.4 is 5.32 Å². The molecule has 0 heterocycles. The lowest BCUT2D eigenvalue weighted by molar-refractivity contribution is -0.143. The number of ether oxygens (including phenoxy) is 1. The van der Waals surface area contributed by atoms with Crippen LogP contribution in [0.25, 0.3) is 0 Å². The van der Waals surface area contributed by atoms with Gasteiger partial charge in [-0.1, -0.05) is 294 Å². The Morgan fingerprint density at radius 1 is 0.378 bits per heavy atom. The number of carbonyl (C=O) groups excluding carboxylic acids is 2. The lowest BCUT2D eigenvalue weighted by Crippen LogP contribution is -2.45. The molecule has 0 aliphatic heterocycles. The Morgan fingerprint density at radius 3 is 1.04 bits per heavy atom. The van der Waals surface area contributed by atoms with Crippen LogP contribution in [0.2, 0.25) is 0 Å². The Balaban J connectivity index is 3.39. The highest BCUT2D eigenvalue weighted by molar-refractivity contribution is 5.76. The van der Waals surface area contributed by atoms with Gasteiger partial charge in [0, 0.05) is 12.8 Å². The summed E-state index contributed by atoms with van der Waals surface area (Å²) in [7, 11) is 0. The van der Waals surface area contributed by atoms with Gasteiger partial charge in [0.25, 0.3) is 0 Å². The summed E-state index contributed by atoms with van der Waals surface area (Å²) in [5.74, 6) is -0.0635. The second-order valence-electron chi connectivity index (χ2n) is 22.4. The van der Waals surface area contributed by atoms with Gasteiger partial charge >= 0.3 is 5.97 Å². The maximum atomic E-state index is 12.4. The van der Waals surface area contributed by atoms with Gasteiger partial charge in [-0.05, 0) is 89.9 Å². The summed E-state index contributed by atoms with van der Waals surface area (Å²) < 4.78 is 5.48. The molecular formula is C68H127NO5. The zero-order chi connectivity index (χ0) is 53.6. The Labute approximate surface area is 461 Å². The molecule has 0 spiro atoms. The van der Waals surface area contributed by atoms with Gasteiger partial charge in [-0.3, -0.25) is 9.59 Å². The van der Waals surface area contributed by atoms with Crippen molar-refractivity contribution in [3.05, 3.63) is 48.6 Å². The summed E-state index contributed by atoms with van der Waals surface area (Å²) in [6.07, 6.45) is 81.8. The summed E-state index contributed by atoms with van der Waals surface area (Å²) >= 11 is 0. The van der Waals surface area contributed by atoms with Crippen molar-refractivity contribution in [2.45, 2.75) is 360 Å². The van der Waals surface area contributed by atoms with Crippen molar-refractivity contribution in [1.82, 2.24) is 5.32 Å². The fourth-order valence-corrected chi connectivity index (χ4v) is 10.0. The topological polar surface area (TPSA) is 95.9 Å². The predicted octanol–water partition coefficient (Wildman–Crippen LogP) is 20.9. The Bertz CT molecular complexity index is 1240. The molecule has 0 saturated heterocycles. The summed E-state index contributed by atoms with van der Waals surface area (Å²) in [6.45, 7) is 4.89. The average Bonchev–Trinajstić information content (AvgIpc) is 3.40. The maximum absolute atomic E-state index is 12.4. The quantitative estimate of drug-likeness (QED) is 0.0320. The normalized spacial score (nSPS) is 12.9. The molecule has 434 valence electrons. The molecule has 0 radical (unpaired) electrons. The van der Waals surface area contributed by atoms with Crippen LogP contribution in [0, 0.1) is 0 Å². The fraction of sp³-hybridized carbons (Fsp3) is 0.853. The van der Waals surface area contributed by atoms with Crippen molar-refractivity contribution in [1.29, 1.82) is 0 Å². The highest BCUT2D eigenvalue weighted by Gasteiger charge is 2.18. The van der Waals surface area contributed by atoms with E-state index in [-0.39, 0.29) is 18.5 Å². The molecule has 74 heavy (non-hydrogen) atoms. The van der Waals surface area contributed by atoms with E-state index >= 15 is 0 Å². The molecule has 0 aromatic carbocycles. The lowest BCUT2D eigenvalue weighted by Gasteiger charge is -2.20. The van der Waals surface area contributed by atoms with Gasteiger partial charge in [-0.2, -0.15) is 0 Å². The minimum absolute atomic E-state index is 0.00474. The molecule has 0 aliphatic carbocycles. The Kier molecular flexibility index (Phi) is 61.5. The van der Waals surface area contributed by atoms with Crippen LogP contribution in [-0.4, -0.2) is 47.4 Å². The molecule has 0 fully saturated rings. The number of aliphatic hydroxyl groups is 2. The molecule has 0 aliphatic rings. The second-order valence-corrected chi connectivity index (χ2v) is 22.4. The van der Waals surface area contributed by atoms with Crippen molar-refractivity contribution in [2.24, 2.45) is 0 Å². The van der Waals surface area contributed by atoms with E-state index in [1.54, 1.807) is 6.08 Å². The van der Waals surface area contributed by atoms with Crippen LogP contribution >= 0.6 is 0 Å². The smallest absolute Gasteiger partial charge is 0.305 e. The summed E-state index contributed by atoms with van der Waals surface area (Å²) in [5.41, 5.74) is 0. The van der Waals surface area contributed by atoms with E-state index in [9.17, 15) is 19.8 Å². The highest BCUT2D eigenvalue weighted by Crippen LogP contribution is 2.17. The number of hydrogen-bond acceptors (Lipinski definition) is 5. The van der Waals surface area contributed by atoms with Gasteiger partial charge in [-0.25, -0.2) is 0 Å². The minimum atomic E-state index is -0.843. The van der Waals surface area contributed by atoms with Crippen LogP contribution in [0.1, 0.15) is 348 Å². The van der Waals surface area contributed by atoms with Gasteiger partial charge in [0.15, 0.2) is 0 Å². The van der Waals surface area contributed by atoms with Gasteiger partial charge in [-0.15, -0.1) is 0 Å². The standard InChI is InChI=1S/C68H127NO5/c1-3-5-7-9-11-13-15-16-34-38-42-46-50-54-58-62-68(73)74-63-59-55-51-47-43-39-36-33-31-29-27-25-23-21-19-17-18-20-22-24-26-28-30-32-35-37-41-45-49-53-57-61-67(72)69-65(64-70)66(71)60-56-52-48-44-40-14-12-10-8-6-4-2/h16,19,21,25,27,34,56,60,65-66,70-71H,3-15,17-18,20,22-24,26,28-33,35-55,57-59,61-64H2,1-2H3,(H,69,72)/b21-19-,27-25-,34-16-,60-56+. The van der Waals surface area contributed by atoms with Crippen LogP contribution in [0.4, 0.5) is 0 Å². The summed E-state index contributed by atoms with van der Waals surface area (Å²) in [4.78, 5) is 24.5. The fourth-order valence-electron chi connectivity index (χ4n) is 10.0. The van der Waals surface area contributed by atoms with Crippen LogP contribution in [0.15, 0.2) is 48.6 Å². The molecule has 0 rings (SSSR count). The molecule has 3 N–H and O–H groups in total. The molecule has 1 amide bonds. The van der Waals surface area contributed by atoms with E-state index in [2.05, 4.69) is 55.6 Å². The molecule has 6 heteroatoms. The first-order valence-electron chi connectivity index (χ1n) is 32.9. The highest BCUT2D eigenvalue weighted by atomic mass is 16.5. The van der Waals surface area contributed by atoms with Crippen LogP contribution in [0.5, 0.6) is 0 Å². The second kappa shape index (κ2) is 63.4. The van der Waals surface area contributed by atoms with Crippen molar-refractivity contribution in [3.8, 4) is 0 Å². The van der Waals surface area contributed by atoms with Crippen LogP contribution in [0.3, 0.4) is 0 Å². The number of carbonyl (C=O) groups is 2. The number of aliphatic hydroxyl groups excluding tert-OH is 2. The summed E-state index contributed by atoms with van der Waals surface area (Å²) in [5, 5.41) is 23.0. The molecular weight excluding hydrogens is 911 g/mol. The monoisotopic (exact) mass is 1040 g/mol. The van der Waals surface area contributed by atoms with Gasteiger partial charge < -0.3 is 20.3 Å². The Morgan fingerprint density at radius 2 is 0.676 bits per heavy atom. The van der Waals surface area contributed by atoms with E-state index in [1.165, 1.54) is 270 Å². The van der Waals surface area contributed by atoms with Crippen molar-refractivity contribution in [3.63, 3.8) is 0 Å². The molecule has 2 atom stereocenters. The number of nitrogens with one attached hydrogen (secondary N) is 1. The van der Waals surface area contributed by atoms with Gasteiger partial charge in [0.1, 0.15) is 0 Å². The molecule has 0 saturated carbocycles. The molecule has 6 nitrogen and oxygen atoms in total. The van der Waals surface area contributed by atoms with E-state index in [0.29, 0.717) is 19.4 Å². The first-order chi connectivity index (χ1) is 36.5. The number of esters is 1. The van der Waals surface area contributed by atoms with E-state index in [0.717, 1.165) is 51.4 Å². The first-order valence-corrected chi connectivity index (χ1v) is 32.9. The first kappa shape index (κ1) is 71.8. The van der Waals surface area contributed by atoms with E-state index in [1.807, 2.05) is 6.08 Å². The number of hydrogen-bond donors (Lipinski definition) is 3. The molecule has 0 aromatic rings. The number of unbranched alkanes of at least 4 members (excludes halogenated alkanes) is 44. The van der Waals surface area contributed by atoms with E-state index in [4.69, 9.17) is 4.74 Å². The van der Waals surface area contributed by atoms with Crippen LogP contribution in [-0.2, 0) is 14.3 Å². The van der Waals surface area contributed by atoms with E-state index < -0.39 is 12.1 Å². The predicted molar refractivity (Wildman–Crippen MR) is 324 cm³/mol.